The highest BCUT2D eigenvalue weighted by Gasteiger charge is 2.07. The van der Waals surface area contributed by atoms with Gasteiger partial charge in [0.05, 0.1) is 0 Å². The minimum absolute atomic E-state index is 0. The standard InChI is InChI=1S/C6H17NOSi.ClH/c1-5-6(7(2)3)9-8-4;/h6H,5,9H2,1-4H3;1H. The van der Waals surface area contributed by atoms with Crippen molar-refractivity contribution in [1.29, 1.82) is 0 Å². The summed E-state index contributed by atoms with van der Waals surface area (Å²) in [5, 5.41) is 0. The van der Waals surface area contributed by atoms with Crippen LogP contribution in [0.4, 0.5) is 0 Å². The number of hydrogen-bond acceptors (Lipinski definition) is 2. The first kappa shape index (κ1) is 13.0. The van der Waals surface area contributed by atoms with E-state index in [9.17, 15) is 0 Å². The van der Waals surface area contributed by atoms with Crippen molar-refractivity contribution in [1.82, 2.24) is 4.90 Å². The summed E-state index contributed by atoms with van der Waals surface area (Å²) >= 11 is 0. The van der Waals surface area contributed by atoms with Crippen molar-refractivity contribution >= 4 is 22.2 Å². The quantitative estimate of drug-likeness (QED) is 0.587. The number of hydrogen-bond donors (Lipinski definition) is 0. The molecule has 0 aliphatic carbocycles. The third kappa shape index (κ3) is 5.23. The van der Waals surface area contributed by atoms with Crippen LogP contribution in [0.15, 0.2) is 0 Å². The minimum Gasteiger partial charge on any atom is -0.426 e. The fourth-order valence-electron chi connectivity index (χ4n) is 0.824. The highest BCUT2D eigenvalue weighted by atomic mass is 35.5. The third-order valence-corrected chi connectivity index (χ3v) is 3.59. The van der Waals surface area contributed by atoms with Crippen LogP contribution in [0.25, 0.3) is 0 Å². The van der Waals surface area contributed by atoms with Gasteiger partial charge in [-0.05, 0) is 20.5 Å². The third-order valence-electron chi connectivity index (χ3n) is 1.56. The van der Waals surface area contributed by atoms with Crippen molar-refractivity contribution in [3.63, 3.8) is 0 Å². The molecule has 10 heavy (non-hydrogen) atoms. The largest absolute Gasteiger partial charge is 0.426 e. The van der Waals surface area contributed by atoms with Crippen molar-refractivity contribution in [2.75, 3.05) is 21.2 Å². The molecule has 0 aliphatic heterocycles. The molecule has 64 valence electrons. The van der Waals surface area contributed by atoms with E-state index in [0.717, 1.165) is 5.67 Å². The van der Waals surface area contributed by atoms with Gasteiger partial charge in [0.25, 0.3) is 0 Å². The van der Waals surface area contributed by atoms with Crippen LogP contribution < -0.4 is 0 Å². The van der Waals surface area contributed by atoms with Crippen LogP contribution in [0.3, 0.4) is 0 Å². The molecule has 1 unspecified atom stereocenters. The van der Waals surface area contributed by atoms with Gasteiger partial charge in [-0.3, -0.25) is 0 Å². The Kier molecular flexibility index (Phi) is 9.83. The van der Waals surface area contributed by atoms with Crippen molar-refractivity contribution in [2.24, 2.45) is 0 Å². The lowest BCUT2D eigenvalue weighted by atomic mass is 10.4. The van der Waals surface area contributed by atoms with Crippen molar-refractivity contribution in [2.45, 2.75) is 19.0 Å². The molecule has 0 saturated heterocycles. The fourth-order valence-corrected chi connectivity index (χ4v) is 1.74. The summed E-state index contributed by atoms with van der Waals surface area (Å²) in [4.78, 5) is 2.25. The minimum atomic E-state index is -0.286. The molecule has 0 radical (unpaired) electrons. The molecular formula is C6H18ClNOSi. The Labute approximate surface area is 72.3 Å². The smallest absolute Gasteiger partial charge is 0.177 e. The summed E-state index contributed by atoms with van der Waals surface area (Å²) in [7, 11) is 5.74. The van der Waals surface area contributed by atoms with Gasteiger partial charge in [0.1, 0.15) is 0 Å². The summed E-state index contributed by atoms with van der Waals surface area (Å²) in [6.07, 6.45) is 1.22. The van der Waals surface area contributed by atoms with Gasteiger partial charge < -0.3 is 9.33 Å². The SMILES string of the molecule is CCC([SiH2]OC)N(C)C.Cl. The molecule has 0 aliphatic rings. The Morgan fingerprint density at radius 2 is 2.00 bits per heavy atom. The lowest BCUT2D eigenvalue weighted by molar-refractivity contribution is 0.323. The van der Waals surface area contributed by atoms with E-state index in [2.05, 4.69) is 25.9 Å². The van der Waals surface area contributed by atoms with Crippen LogP contribution in [0.2, 0.25) is 0 Å². The molecule has 0 aromatic rings. The zero-order valence-corrected chi connectivity index (χ0v) is 9.49. The Morgan fingerprint density at radius 1 is 1.50 bits per heavy atom. The lowest BCUT2D eigenvalue weighted by Gasteiger charge is -2.20. The maximum Gasteiger partial charge on any atom is 0.177 e. The number of nitrogens with zero attached hydrogens (tertiary/aromatic N) is 1. The predicted octanol–water partition coefficient (Wildman–Crippen LogP) is 0.436. The van der Waals surface area contributed by atoms with Crippen molar-refractivity contribution in [3.05, 3.63) is 0 Å². The van der Waals surface area contributed by atoms with Gasteiger partial charge in [0, 0.05) is 12.8 Å². The summed E-state index contributed by atoms with van der Waals surface area (Å²) in [5.74, 6) is 0. The van der Waals surface area contributed by atoms with Crippen LogP contribution in [-0.4, -0.2) is 41.5 Å². The van der Waals surface area contributed by atoms with Crippen LogP contribution in [0.1, 0.15) is 13.3 Å². The molecule has 0 rings (SSSR count). The van der Waals surface area contributed by atoms with E-state index >= 15 is 0 Å². The summed E-state index contributed by atoms with van der Waals surface area (Å²) in [6.45, 7) is 2.21. The average molecular weight is 184 g/mol. The van der Waals surface area contributed by atoms with Gasteiger partial charge in [0.2, 0.25) is 0 Å². The molecule has 2 nitrogen and oxygen atoms in total. The second kappa shape index (κ2) is 7.53. The van der Waals surface area contributed by atoms with Gasteiger partial charge in [0.15, 0.2) is 9.76 Å². The normalized spacial score (nSPS) is 14.1. The van der Waals surface area contributed by atoms with E-state index < -0.39 is 0 Å². The van der Waals surface area contributed by atoms with E-state index in [1.807, 2.05) is 0 Å². The Bertz CT molecular complexity index is 72.8. The van der Waals surface area contributed by atoms with Crippen molar-refractivity contribution < 1.29 is 4.43 Å². The summed E-state index contributed by atoms with van der Waals surface area (Å²) in [5.41, 5.74) is 0.718. The molecule has 4 heteroatoms. The maximum absolute atomic E-state index is 5.15. The average Bonchev–Trinajstić information content (AvgIpc) is 1.82. The molecule has 0 bridgehead atoms. The van der Waals surface area contributed by atoms with Gasteiger partial charge >= 0.3 is 0 Å². The van der Waals surface area contributed by atoms with Gasteiger partial charge in [-0.1, -0.05) is 6.92 Å². The first-order chi connectivity index (χ1) is 4.22. The molecule has 0 N–H and O–H groups in total. The monoisotopic (exact) mass is 183 g/mol. The molecule has 0 saturated carbocycles. The fraction of sp³-hybridized carbons (Fsp3) is 1.00. The highest BCUT2D eigenvalue weighted by Crippen LogP contribution is 1.95. The van der Waals surface area contributed by atoms with Crippen LogP contribution >= 0.6 is 12.4 Å². The molecule has 0 aromatic carbocycles. The van der Waals surface area contributed by atoms with E-state index in [-0.39, 0.29) is 22.2 Å². The molecule has 0 fully saturated rings. The maximum atomic E-state index is 5.15. The first-order valence-electron chi connectivity index (χ1n) is 3.37. The number of halogens is 1. The van der Waals surface area contributed by atoms with E-state index in [1.165, 1.54) is 6.42 Å². The Balaban J connectivity index is 0. The first-order valence-corrected chi connectivity index (χ1v) is 4.77. The van der Waals surface area contributed by atoms with Crippen LogP contribution in [-0.2, 0) is 4.43 Å². The van der Waals surface area contributed by atoms with Gasteiger partial charge in [-0.2, -0.15) is 0 Å². The zero-order chi connectivity index (χ0) is 7.28. The number of rotatable bonds is 4. The molecule has 0 amide bonds. The topological polar surface area (TPSA) is 12.5 Å². The van der Waals surface area contributed by atoms with Gasteiger partial charge in [-0.15, -0.1) is 12.4 Å². The second-order valence-corrected chi connectivity index (χ2v) is 4.33. The van der Waals surface area contributed by atoms with E-state index in [4.69, 9.17) is 4.43 Å². The molecule has 0 aromatic heterocycles. The second-order valence-electron chi connectivity index (χ2n) is 2.48. The molecule has 0 heterocycles. The molecular weight excluding hydrogens is 166 g/mol. The van der Waals surface area contributed by atoms with E-state index in [0.29, 0.717) is 0 Å². The lowest BCUT2D eigenvalue weighted by Crippen LogP contribution is -2.33. The zero-order valence-electron chi connectivity index (χ0n) is 7.26. The predicted molar refractivity (Wildman–Crippen MR) is 50.6 cm³/mol. The Morgan fingerprint density at radius 3 is 2.10 bits per heavy atom. The molecule has 1 atom stereocenters. The van der Waals surface area contributed by atoms with Crippen LogP contribution in [0, 0.1) is 0 Å². The molecule has 0 spiro atoms. The van der Waals surface area contributed by atoms with Crippen molar-refractivity contribution in [3.8, 4) is 0 Å². The summed E-state index contributed by atoms with van der Waals surface area (Å²) in [6, 6.07) is 0. The Hall–Kier alpha value is 0.427. The van der Waals surface area contributed by atoms with E-state index in [1.54, 1.807) is 7.11 Å². The van der Waals surface area contributed by atoms with Gasteiger partial charge in [-0.25, -0.2) is 0 Å². The highest BCUT2D eigenvalue weighted by molar-refractivity contribution is 6.29. The van der Waals surface area contributed by atoms with Crippen LogP contribution in [0.5, 0.6) is 0 Å². The summed E-state index contributed by atoms with van der Waals surface area (Å²) < 4.78 is 5.15.